The third-order valence-electron chi connectivity index (χ3n) is 3.73. The monoisotopic (exact) mass is 292 g/mol. The minimum atomic E-state index is -0.186. The molecule has 0 aliphatic carbocycles. The van der Waals surface area contributed by atoms with Gasteiger partial charge in [0, 0.05) is 25.1 Å². The summed E-state index contributed by atoms with van der Waals surface area (Å²) in [6.45, 7) is 9.21. The molecule has 5 heteroatoms. The molecule has 0 bridgehead atoms. The standard InChI is InChI=1S/C14H28N2O2.ClH/c1-10-8-12(6-7-15-10)13(17)16-11(2)9-14(3,4)18-5;/h10-12,15H,6-9H2,1-5H3,(H,16,17);1H/t10-,11?,12-;/m0./s1. The molecule has 0 saturated carbocycles. The normalized spacial score (nSPS) is 25.3. The van der Waals surface area contributed by atoms with E-state index in [1.807, 2.05) is 20.8 Å². The van der Waals surface area contributed by atoms with Crippen molar-refractivity contribution in [3.05, 3.63) is 0 Å². The SMILES string of the molecule is COC(C)(C)CC(C)NC(=O)[C@H]1CCN[C@@H](C)C1.Cl. The second-order valence-electron chi connectivity index (χ2n) is 6.15. The lowest BCUT2D eigenvalue weighted by Gasteiger charge is -2.30. The van der Waals surface area contributed by atoms with Gasteiger partial charge in [0.2, 0.25) is 5.91 Å². The summed E-state index contributed by atoms with van der Waals surface area (Å²) in [5.74, 6) is 0.358. The maximum Gasteiger partial charge on any atom is 0.223 e. The lowest BCUT2D eigenvalue weighted by molar-refractivity contribution is -0.127. The number of carbonyl (C=O) groups is 1. The molecule has 0 aromatic carbocycles. The van der Waals surface area contributed by atoms with Gasteiger partial charge in [-0.2, -0.15) is 0 Å². The molecule has 1 fully saturated rings. The third kappa shape index (κ3) is 6.59. The van der Waals surface area contributed by atoms with Gasteiger partial charge in [0.15, 0.2) is 0 Å². The molecule has 2 N–H and O–H groups in total. The van der Waals surface area contributed by atoms with Gasteiger partial charge in [0.1, 0.15) is 0 Å². The summed E-state index contributed by atoms with van der Waals surface area (Å²) < 4.78 is 5.39. The molecule has 0 aromatic heterocycles. The minimum absolute atomic E-state index is 0. The fourth-order valence-corrected chi connectivity index (χ4v) is 2.60. The first-order valence-electron chi connectivity index (χ1n) is 6.93. The van der Waals surface area contributed by atoms with Gasteiger partial charge < -0.3 is 15.4 Å². The quantitative estimate of drug-likeness (QED) is 0.816. The molecular formula is C14H29ClN2O2. The van der Waals surface area contributed by atoms with E-state index in [4.69, 9.17) is 4.74 Å². The highest BCUT2D eigenvalue weighted by Gasteiger charge is 2.27. The summed E-state index contributed by atoms with van der Waals surface area (Å²) in [5.41, 5.74) is -0.186. The maximum atomic E-state index is 12.1. The van der Waals surface area contributed by atoms with E-state index in [2.05, 4.69) is 17.6 Å². The Hall–Kier alpha value is -0.320. The highest BCUT2D eigenvalue weighted by Crippen LogP contribution is 2.18. The molecule has 1 aliphatic heterocycles. The van der Waals surface area contributed by atoms with Gasteiger partial charge in [-0.05, 0) is 53.5 Å². The maximum absolute atomic E-state index is 12.1. The zero-order valence-corrected chi connectivity index (χ0v) is 13.6. The van der Waals surface area contributed by atoms with Gasteiger partial charge in [-0.15, -0.1) is 12.4 Å². The fourth-order valence-electron chi connectivity index (χ4n) is 2.60. The molecule has 4 nitrogen and oxygen atoms in total. The first-order valence-corrected chi connectivity index (χ1v) is 6.93. The van der Waals surface area contributed by atoms with Gasteiger partial charge in [-0.1, -0.05) is 0 Å². The van der Waals surface area contributed by atoms with E-state index in [0.29, 0.717) is 6.04 Å². The van der Waals surface area contributed by atoms with Crippen LogP contribution in [-0.2, 0) is 9.53 Å². The molecule has 0 radical (unpaired) electrons. The Morgan fingerprint density at radius 2 is 2.16 bits per heavy atom. The average Bonchev–Trinajstić information content (AvgIpc) is 2.28. The number of hydrogen-bond donors (Lipinski definition) is 2. The highest BCUT2D eigenvalue weighted by atomic mass is 35.5. The van der Waals surface area contributed by atoms with Crippen molar-refractivity contribution in [2.24, 2.45) is 5.92 Å². The highest BCUT2D eigenvalue weighted by molar-refractivity contribution is 5.85. The molecule has 114 valence electrons. The van der Waals surface area contributed by atoms with Crippen molar-refractivity contribution in [2.75, 3.05) is 13.7 Å². The first-order chi connectivity index (χ1) is 8.34. The predicted molar refractivity (Wildman–Crippen MR) is 80.7 cm³/mol. The van der Waals surface area contributed by atoms with Crippen LogP contribution in [0.5, 0.6) is 0 Å². The van der Waals surface area contributed by atoms with E-state index < -0.39 is 0 Å². The summed E-state index contributed by atoms with van der Waals surface area (Å²) in [6.07, 6.45) is 2.71. The van der Waals surface area contributed by atoms with Crippen LogP contribution >= 0.6 is 12.4 Å². The van der Waals surface area contributed by atoms with Crippen molar-refractivity contribution < 1.29 is 9.53 Å². The van der Waals surface area contributed by atoms with E-state index in [0.717, 1.165) is 25.8 Å². The van der Waals surface area contributed by atoms with Crippen LogP contribution in [0.3, 0.4) is 0 Å². The summed E-state index contributed by atoms with van der Waals surface area (Å²) in [5, 5.41) is 6.48. The van der Waals surface area contributed by atoms with E-state index in [9.17, 15) is 4.79 Å². The molecule has 0 spiro atoms. The molecule has 19 heavy (non-hydrogen) atoms. The van der Waals surface area contributed by atoms with Crippen LogP contribution in [0.25, 0.3) is 0 Å². The van der Waals surface area contributed by atoms with E-state index >= 15 is 0 Å². The number of halogens is 1. The van der Waals surface area contributed by atoms with Gasteiger partial charge in [-0.3, -0.25) is 4.79 Å². The van der Waals surface area contributed by atoms with E-state index in [-0.39, 0.29) is 35.9 Å². The topological polar surface area (TPSA) is 50.4 Å². The summed E-state index contributed by atoms with van der Waals surface area (Å²) in [7, 11) is 1.71. The van der Waals surface area contributed by atoms with Gasteiger partial charge >= 0.3 is 0 Å². The Kier molecular flexibility index (Phi) is 7.94. The number of carbonyl (C=O) groups excluding carboxylic acids is 1. The zero-order chi connectivity index (χ0) is 13.8. The van der Waals surface area contributed by atoms with E-state index in [1.165, 1.54) is 0 Å². The zero-order valence-electron chi connectivity index (χ0n) is 12.8. The number of hydrogen-bond acceptors (Lipinski definition) is 3. The van der Waals surface area contributed by atoms with Gasteiger partial charge in [0.05, 0.1) is 5.60 Å². The number of amides is 1. The first kappa shape index (κ1) is 18.7. The van der Waals surface area contributed by atoms with E-state index in [1.54, 1.807) is 7.11 Å². The number of rotatable bonds is 5. The summed E-state index contributed by atoms with van der Waals surface area (Å²) >= 11 is 0. The molecule has 1 saturated heterocycles. The van der Waals surface area contributed by atoms with Gasteiger partial charge in [0.25, 0.3) is 0 Å². The molecule has 0 aromatic rings. The number of ether oxygens (including phenoxy) is 1. The molecular weight excluding hydrogens is 264 g/mol. The average molecular weight is 293 g/mol. The lowest BCUT2D eigenvalue weighted by atomic mass is 9.91. The van der Waals surface area contributed by atoms with Crippen LogP contribution in [0.15, 0.2) is 0 Å². The van der Waals surface area contributed by atoms with Crippen LogP contribution in [-0.4, -0.2) is 37.2 Å². The molecule has 1 amide bonds. The largest absolute Gasteiger partial charge is 0.379 e. The molecule has 1 heterocycles. The Morgan fingerprint density at radius 3 is 2.68 bits per heavy atom. The lowest BCUT2D eigenvalue weighted by Crippen LogP contribution is -2.46. The summed E-state index contributed by atoms with van der Waals surface area (Å²) in [4.78, 5) is 12.1. The fraction of sp³-hybridized carbons (Fsp3) is 0.929. The number of methoxy groups -OCH3 is 1. The van der Waals surface area contributed by atoms with Crippen molar-refractivity contribution in [1.29, 1.82) is 0 Å². The van der Waals surface area contributed by atoms with Crippen LogP contribution in [0, 0.1) is 5.92 Å². The summed E-state index contributed by atoms with van der Waals surface area (Å²) in [6, 6.07) is 0.595. The predicted octanol–water partition coefficient (Wildman–Crippen LogP) is 2.12. The minimum Gasteiger partial charge on any atom is -0.379 e. The van der Waals surface area contributed by atoms with Crippen LogP contribution < -0.4 is 10.6 Å². The Morgan fingerprint density at radius 1 is 1.53 bits per heavy atom. The second-order valence-corrected chi connectivity index (χ2v) is 6.15. The third-order valence-corrected chi connectivity index (χ3v) is 3.73. The molecule has 3 atom stereocenters. The van der Waals surface area contributed by atoms with Crippen LogP contribution in [0.4, 0.5) is 0 Å². The Balaban J connectivity index is 0.00000324. The van der Waals surface area contributed by atoms with Crippen molar-refractivity contribution in [2.45, 2.75) is 64.6 Å². The Bertz CT molecular complexity index is 285. The van der Waals surface area contributed by atoms with Crippen LogP contribution in [0.2, 0.25) is 0 Å². The molecule has 1 aliphatic rings. The number of nitrogens with one attached hydrogen (secondary N) is 2. The van der Waals surface area contributed by atoms with Crippen molar-refractivity contribution in [3.8, 4) is 0 Å². The van der Waals surface area contributed by atoms with Gasteiger partial charge in [-0.25, -0.2) is 0 Å². The molecule has 1 rings (SSSR count). The van der Waals surface area contributed by atoms with Crippen molar-refractivity contribution >= 4 is 18.3 Å². The van der Waals surface area contributed by atoms with Crippen molar-refractivity contribution in [1.82, 2.24) is 10.6 Å². The smallest absolute Gasteiger partial charge is 0.223 e. The van der Waals surface area contributed by atoms with Crippen LogP contribution in [0.1, 0.15) is 47.0 Å². The Labute approximate surface area is 123 Å². The van der Waals surface area contributed by atoms with Crippen molar-refractivity contribution in [3.63, 3.8) is 0 Å². The molecule has 1 unspecified atom stereocenters. The second kappa shape index (κ2) is 8.08. The number of piperidine rings is 1.